The number of hydrogen-bond donors (Lipinski definition) is 2. The van der Waals surface area contributed by atoms with Gasteiger partial charge in [-0.05, 0) is 25.2 Å². The number of aliphatic hydroxyl groups is 1. The molecule has 0 saturated heterocycles. The second-order valence-electron chi connectivity index (χ2n) is 5.90. The molecule has 21 heavy (non-hydrogen) atoms. The van der Waals surface area contributed by atoms with Gasteiger partial charge in [-0.15, -0.1) is 0 Å². The Hall–Kier alpha value is -1.88. The summed E-state index contributed by atoms with van der Waals surface area (Å²) < 4.78 is 5.06. The Morgan fingerprint density at radius 3 is 2.62 bits per heavy atom. The topological polar surface area (TPSA) is 87.7 Å². The lowest BCUT2D eigenvalue weighted by atomic mass is 9.84. The van der Waals surface area contributed by atoms with Gasteiger partial charge in [-0.25, -0.2) is 4.79 Å². The Labute approximate surface area is 122 Å². The average Bonchev–Trinajstić information content (AvgIpc) is 2.34. The molecule has 0 bridgehead atoms. The normalized spacial score (nSPS) is 19.4. The zero-order chi connectivity index (χ0) is 15.6. The summed E-state index contributed by atoms with van der Waals surface area (Å²) in [5.74, 6) is 0.0805. The predicted octanol–water partition coefficient (Wildman–Crippen LogP) is 2.26. The molecule has 0 aliphatic heterocycles. The van der Waals surface area contributed by atoms with Crippen LogP contribution in [0.25, 0.3) is 5.57 Å². The van der Waals surface area contributed by atoms with Crippen LogP contribution in [0.3, 0.4) is 0 Å². The van der Waals surface area contributed by atoms with Crippen LogP contribution in [0.1, 0.15) is 45.3 Å². The molecule has 1 aromatic heterocycles. The Kier molecular flexibility index (Phi) is 4.63. The maximum atomic E-state index is 12.2. The number of aliphatic hydroxyl groups excluding tert-OH is 1. The third kappa shape index (κ3) is 3.82. The molecule has 0 aromatic carbocycles. The maximum absolute atomic E-state index is 12.2. The van der Waals surface area contributed by atoms with Gasteiger partial charge in [-0.3, -0.25) is 4.79 Å². The maximum Gasteiger partial charge on any atom is 0.339 e. The molecule has 5 nitrogen and oxygen atoms in total. The minimum absolute atomic E-state index is 0.0138. The molecule has 0 unspecified atom stereocenters. The Bertz CT molecular complexity index is 624. The van der Waals surface area contributed by atoms with Crippen molar-refractivity contribution in [1.29, 1.82) is 0 Å². The first-order valence-electron chi connectivity index (χ1n) is 7.14. The van der Waals surface area contributed by atoms with Crippen molar-refractivity contribution in [3.05, 3.63) is 33.9 Å². The summed E-state index contributed by atoms with van der Waals surface area (Å²) in [5.41, 5.74) is 0.440. The number of rotatable bonds is 4. The number of carbonyl (C=O) groups excluding carboxylic acids is 1. The third-order valence-corrected chi connectivity index (χ3v) is 3.56. The van der Waals surface area contributed by atoms with Crippen LogP contribution in [0, 0.1) is 5.92 Å². The lowest BCUT2D eigenvalue weighted by Gasteiger charge is -2.23. The first kappa shape index (κ1) is 15.5. The third-order valence-electron chi connectivity index (χ3n) is 3.56. The molecular weight excluding hydrogens is 272 g/mol. The van der Waals surface area contributed by atoms with E-state index in [-0.39, 0.29) is 23.7 Å². The van der Waals surface area contributed by atoms with E-state index >= 15 is 0 Å². The van der Waals surface area contributed by atoms with Crippen molar-refractivity contribution < 1.29 is 19.4 Å². The Morgan fingerprint density at radius 2 is 2.00 bits per heavy atom. The summed E-state index contributed by atoms with van der Waals surface area (Å²) in [6, 6.07) is 2.24. The van der Waals surface area contributed by atoms with Crippen LogP contribution in [0.5, 0.6) is 5.75 Å². The number of allylic oxidation sites excluding steroid dienone is 1. The highest BCUT2D eigenvalue weighted by Crippen LogP contribution is 2.33. The molecule has 2 rings (SSSR count). The number of Topliss-reactive ketones (excluding diaryl/α,β-unsaturated/α-hetero) is 1. The summed E-state index contributed by atoms with van der Waals surface area (Å²) in [6.07, 6.45) is 1.26. The SMILES string of the molecule is CC(C)CCC1=C(c2cc(O)cc(=O)o2)C(=O)C[C@H](O)C1. The molecule has 114 valence electrons. The van der Waals surface area contributed by atoms with E-state index in [2.05, 4.69) is 13.8 Å². The number of ketones is 1. The highest BCUT2D eigenvalue weighted by Gasteiger charge is 2.29. The zero-order valence-electron chi connectivity index (χ0n) is 12.3. The molecule has 0 fully saturated rings. The van der Waals surface area contributed by atoms with Gasteiger partial charge in [0.15, 0.2) is 5.78 Å². The minimum Gasteiger partial charge on any atom is -0.508 e. The summed E-state index contributed by atoms with van der Waals surface area (Å²) >= 11 is 0. The number of hydrogen-bond acceptors (Lipinski definition) is 5. The van der Waals surface area contributed by atoms with Crippen molar-refractivity contribution >= 4 is 11.4 Å². The minimum atomic E-state index is -0.695. The van der Waals surface area contributed by atoms with E-state index in [4.69, 9.17) is 4.42 Å². The largest absolute Gasteiger partial charge is 0.508 e. The zero-order valence-corrected chi connectivity index (χ0v) is 12.3. The van der Waals surface area contributed by atoms with Crippen LogP contribution < -0.4 is 5.63 Å². The van der Waals surface area contributed by atoms with Gasteiger partial charge >= 0.3 is 5.63 Å². The van der Waals surface area contributed by atoms with Gasteiger partial charge in [-0.2, -0.15) is 0 Å². The van der Waals surface area contributed by atoms with Crippen LogP contribution in [0.15, 0.2) is 26.9 Å². The van der Waals surface area contributed by atoms with Crippen LogP contribution in [0.2, 0.25) is 0 Å². The van der Waals surface area contributed by atoms with Crippen LogP contribution >= 0.6 is 0 Å². The molecule has 1 aliphatic rings. The van der Waals surface area contributed by atoms with Crippen LogP contribution in [0.4, 0.5) is 0 Å². The fourth-order valence-electron chi connectivity index (χ4n) is 2.56. The molecule has 2 N–H and O–H groups in total. The molecule has 1 aliphatic carbocycles. The van der Waals surface area contributed by atoms with E-state index in [0.29, 0.717) is 24.3 Å². The van der Waals surface area contributed by atoms with Crippen LogP contribution in [-0.4, -0.2) is 22.1 Å². The molecule has 0 saturated carbocycles. The first-order chi connectivity index (χ1) is 9.86. The molecule has 1 aromatic rings. The van der Waals surface area contributed by atoms with Gasteiger partial charge in [0.25, 0.3) is 0 Å². The standard InChI is InChI=1S/C16H20O5/c1-9(2)3-4-10-5-11(17)6-13(19)16(10)14-7-12(18)8-15(20)21-14/h7-9,11,17-18H,3-6H2,1-2H3/t11-/m1/s1. The van der Waals surface area contributed by atoms with E-state index in [1.54, 1.807) is 0 Å². The second-order valence-corrected chi connectivity index (χ2v) is 5.90. The van der Waals surface area contributed by atoms with E-state index in [1.807, 2.05) is 0 Å². The van der Waals surface area contributed by atoms with Crippen molar-refractivity contribution in [1.82, 2.24) is 0 Å². The fraction of sp³-hybridized carbons (Fsp3) is 0.500. The highest BCUT2D eigenvalue weighted by molar-refractivity contribution is 6.21. The van der Waals surface area contributed by atoms with Gasteiger partial charge in [0.2, 0.25) is 0 Å². The van der Waals surface area contributed by atoms with Gasteiger partial charge in [0, 0.05) is 12.5 Å². The highest BCUT2D eigenvalue weighted by atomic mass is 16.4. The van der Waals surface area contributed by atoms with Gasteiger partial charge < -0.3 is 14.6 Å². The smallest absolute Gasteiger partial charge is 0.339 e. The van der Waals surface area contributed by atoms with Gasteiger partial charge in [0.1, 0.15) is 11.5 Å². The van der Waals surface area contributed by atoms with E-state index in [1.165, 1.54) is 6.07 Å². The molecule has 0 spiro atoms. The van der Waals surface area contributed by atoms with Crippen LogP contribution in [-0.2, 0) is 4.79 Å². The van der Waals surface area contributed by atoms with E-state index < -0.39 is 11.7 Å². The van der Waals surface area contributed by atoms with E-state index in [9.17, 15) is 19.8 Å². The lowest BCUT2D eigenvalue weighted by Crippen LogP contribution is -2.23. The Morgan fingerprint density at radius 1 is 1.29 bits per heavy atom. The second kappa shape index (κ2) is 6.26. The molecule has 1 heterocycles. The average molecular weight is 292 g/mol. The molecule has 0 amide bonds. The molecule has 5 heteroatoms. The van der Waals surface area contributed by atoms with Crippen molar-refractivity contribution in [2.75, 3.05) is 0 Å². The lowest BCUT2D eigenvalue weighted by molar-refractivity contribution is -0.116. The molecule has 0 radical (unpaired) electrons. The molecular formula is C16H20O5. The van der Waals surface area contributed by atoms with Crippen molar-refractivity contribution in [3.63, 3.8) is 0 Å². The molecule has 1 atom stereocenters. The van der Waals surface area contributed by atoms with Gasteiger partial charge in [-0.1, -0.05) is 19.4 Å². The van der Waals surface area contributed by atoms with E-state index in [0.717, 1.165) is 18.1 Å². The monoisotopic (exact) mass is 292 g/mol. The summed E-state index contributed by atoms with van der Waals surface area (Å²) in [5, 5.41) is 19.3. The number of aromatic hydroxyl groups is 1. The summed E-state index contributed by atoms with van der Waals surface area (Å²) in [7, 11) is 0. The summed E-state index contributed by atoms with van der Waals surface area (Å²) in [4.78, 5) is 23.6. The summed E-state index contributed by atoms with van der Waals surface area (Å²) in [6.45, 7) is 4.16. The van der Waals surface area contributed by atoms with Crippen molar-refractivity contribution in [2.24, 2.45) is 5.92 Å². The van der Waals surface area contributed by atoms with Crippen molar-refractivity contribution in [2.45, 2.75) is 45.6 Å². The fourth-order valence-corrected chi connectivity index (χ4v) is 2.56. The predicted molar refractivity (Wildman–Crippen MR) is 77.9 cm³/mol. The Balaban J connectivity index is 2.47. The first-order valence-corrected chi connectivity index (χ1v) is 7.14. The number of carbonyl (C=O) groups is 1. The van der Waals surface area contributed by atoms with Crippen molar-refractivity contribution in [3.8, 4) is 5.75 Å². The quantitative estimate of drug-likeness (QED) is 0.888. The van der Waals surface area contributed by atoms with Gasteiger partial charge in [0.05, 0.1) is 17.7 Å².